The number of hydrogen-bond donors (Lipinski definition) is 3. The van der Waals surface area contributed by atoms with Crippen LogP contribution in [0.15, 0.2) is 115 Å². The van der Waals surface area contributed by atoms with E-state index in [4.69, 9.17) is 24.4 Å². The molecule has 0 heterocycles. The van der Waals surface area contributed by atoms with Crippen LogP contribution in [0, 0.1) is 5.41 Å². The molecule has 3 N–H and O–H groups in total. The van der Waals surface area contributed by atoms with E-state index in [1.165, 1.54) is 19.2 Å². The van der Waals surface area contributed by atoms with Crippen LogP contribution in [0.3, 0.4) is 0 Å². The predicted molar refractivity (Wildman–Crippen MR) is 172 cm³/mol. The van der Waals surface area contributed by atoms with Crippen molar-refractivity contribution in [2.75, 3.05) is 12.0 Å². The van der Waals surface area contributed by atoms with Crippen LogP contribution in [0.1, 0.15) is 22.3 Å². The minimum atomic E-state index is -1.14. The highest BCUT2D eigenvalue weighted by Crippen LogP contribution is 2.20. The summed E-state index contributed by atoms with van der Waals surface area (Å²) in [5.74, 6) is -1.35. The van der Waals surface area contributed by atoms with E-state index in [-0.39, 0.29) is 31.9 Å². The van der Waals surface area contributed by atoms with E-state index in [1.54, 1.807) is 72.8 Å². The zero-order chi connectivity index (χ0) is 33.4. The van der Waals surface area contributed by atoms with Crippen LogP contribution in [-0.4, -0.2) is 43.4 Å². The molecule has 47 heavy (non-hydrogen) atoms. The molecule has 242 valence electrons. The lowest BCUT2D eigenvalue weighted by molar-refractivity contribution is -0.143. The van der Waals surface area contributed by atoms with Crippen LogP contribution >= 0.6 is 0 Å². The quantitative estimate of drug-likeness (QED) is 0.0817. The van der Waals surface area contributed by atoms with E-state index in [1.807, 2.05) is 30.3 Å². The van der Waals surface area contributed by atoms with Crippen molar-refractivity contribution < 1.29 is 38.1 Å². The van der Waals surface area contributed by atoms with E-state index in [0.717, 1.165) is 16.0 Å². The molecule has 0 saturated heterocycles. The minimum absolute atomic E-state index is 0.000993. The van der Waals surface area contributed by atoms with Crippen LogP contribution in [0.25, 0.3) is 0 Å². The number of benzene rings is 4. The molecule has 0 spiro atoms. The van der Waals surface area contributed by atoms with Gasteiger partial charge in [-0.15, -0.1) is 0 Å². The van der Waals surface area contributed by atoms with Crippen LogP contribution in [0.5, 0.6) is 0 Å². The highest BCUT2D eigenvalue weighted by Gasteiger charge is 2.27. The molecule has 4 aromatic rings. The maximum absolute atomic E-state index is 13.4. The number of alkyl carbamates (subject to hydrolysis) is 2. The van der Waals surface area contributed by atoms with Gasteiger partial charge in [-0.1, -0.05) is 103 Å². The Morgan fingerprint density at radius 3 is 1.68 bits per heavy atom. The molecule has 0 saturated carbocycles. The van der Waals surface area contributed by atoms with Crippen molar-refractivity contribution in [1.82, 2.24) is 10.6 Å². The van der Waals surface area contributed by atoms with Gasteiger partial charge in [0, 0.05) is 6.42 Å². The van der Waals surface area contributed by atoms with Crippen molar-refractivity contribution in [3.63, 3.8) is 0 Å². The normalized spacial score (nSPS) is 10.9. The first kappa shape index (κ1) is 33.7. The summed E-state index contributed by atoms with van der Waals surface area (Å²) in [4.78, 5) is 51.9. The lowest BCUT2D eigenvalue weighted by atomic mass is 10.0. The van der Waals surface area contributed by atoms with Crippen molar-refractivity contribution in [1.29, 1.82) is 5.41 Å². The highest BCUT2D eigenvalue weighted by atomic mass is 16.6. The largest absolute Gasteiger partial charge is 0.467 e. The van der Waals surface area contributed by atoms with Crippen molar-refractivity contribution >= 4 is 35.9 Å². The fourth-order valence-corrected chi connectivity index (χ4v) is 4.32. The van der Waals surface area contributed by atoms with Gasteiger partial charge in [0.1, 0.15) is 25.9 Å². The van der Waals surface area contributed by atoms with E-state index in [9.17, 15) is 19.2 Å². The monoisotopic (exact) mass is 638 g/mol. The molecule has 3 amide bonds. The fraction of sp³-hybridized carbons (Fsp3) is 0.171. The molecule has 1 atom stereocenters. The molecule has 0 bridgehead atoms. The van der Waals surface area contributed by atoms with Crippen molar-refractivity contribution in [2.24, 2.45) is 0 Å². The molecule has 0 radical (unpaired) electrons. The number of guanidine groups is 1. The molecule has 1 unspecified atom stereocenters. The molecule has 12 heteroatoms. The number of amides is 3. The van der Waals surface area contributed by atoms with Gasteiger partial charge in [0.15, 0.2) is 0 Å². The molecular weight excluding hydrogens is 604 g/mol. The van der Waals surface area contributed by atoms with Gasteiger partial charge in [-0.3, -0.25) is 10.7 Å². The van der Waals surface area contributed by atoms with E-state index in [2.05, 4.69) is 10.6 Å². The number of rotatable bonds is 11. The van der Waals surface area contributed by atoms with Gasteiger partial charge >= 0.3 is 24.2 Å². The molecule has 0 aliphatic carbocycles. The summed E-state index contributed by atoms with van der Waals surface area (Å²) in [6.07, 6.45) is -2.79. The molecule has 4 rings (SSSR count). The summed E-state index contributed by atoms with van der Waals surface area (Å²) in [6.45, 7) is -0.149. The summed E-state index contributed by atoms with van der Waals surface area (Å²) in [5, 5.41) is 13.4. The second-order valence-corrected chi connectivity index (χ2v) is 10.1. The Morgan fingerprint density at radius 1 is 0.660 bits per heavy atom. The highest BCUT2D eigenvalue weighted by molar-refractivity contribution is 6.15. The van der Waals surface area contributed by atoms with Crippen LogP contribution in [0.2, 0.25) is 0 Å². The van der Waals surface area contributed by atoms with Crippen LogP contribution in [-0.2, 0) is 50.0 Å². The first-order valence-corrected chi connectivity index (χ1v) is 14.5. The number of carbonyl (C=O) groups excluding carboxylic acids is 4. The maximum Gasteiger partial charge on any atom is 0.421 e. The summed E-state index contributed by atoms with van der Waals surface area (Å²) < 4.78 is 20.8. The van der Waals surface area contributed by atoms with E-state index in [0.29, 0.717) is 11.1 Å². The molecule has 12 nitrogen and oxygen atoms in total. The topological polar surface area (TPSA) is 156 Å². The zero-order valence-corrected chi connectivity index (χ0v) is 25.6. The Hall–Kier alpha value is -6.17. The predicted octanol–water partition coefficient (Wildman–Crippen LogP) is 5.70. The summed E-state index contributed by atoms with van der Waals surface area (Å²) >= 11 is 0. The SMILES string of the molecule is COC(=O)C(Cc1cccc(N(C(=N)NC(=O)OCc2ccccc2)C(=O)OCc2ccccc2)c1)NC(=O)OCc1ccccc1. The zero-order valence-electron chi connectivity index (χ0n) is 25.6. The third-order valence-electron chi connectivity index (χ3n) is 6.64. The summed E-state index contributed by atoms with van der Waals surface area (Å²) in [5.41, 5.74) is 2.84. The third kappa shape index (κ3) is 10.7. The molecule has 0 aliphatic rings. The molecule has 0 aromatic heterocycles. The molecule has 0 fully saturated rings. The molecule has 4 aromatic carbocycles. The van der Waals surface area contributed by atoms with Gasteiger partial charge < -0.3 is 24.3 Å². The first-order chi connectivity index (χ1) is 22.8. The Balaban J connectivity index is 1.48. The Bertz CT molecular complexity index is 1650. The van der Waals surface area contributed by atoms with Gasteiger partial charge in [0.05, 0.1) is 12.8 Å². The first-order valence-electron chi connectivity index (χ1n) is 14.5. The van der Waals surface area contributed by atoms with E-state index < -0.39 is 36.3 Å². The second kappa shape index (κ2) is 17.4. The molecule has 0 aliphatic heterocycles. The number of methoxy groups -OCH3 is 1. The van der Waals surface area contributed by atoms with Gasteiger partial charge in [0.2, 0.25) is 5.96 Å². The average molecular weight is 639 g/mol. The Morgan fingerprint density at radius 2 is 1.15 bits per heavy atom. The number of ether oxygens (including phenoxy) is 4. The van der Waals surface area contributed by atoms with Crippen molar-refractivity contribution in [3.05, 3.63) is 138 Å². The van der Waals surface area contributed by atoms with E-state index >= 15 is 0 Å². The summed E-state index contributed by atoms with van der Waals surface area (Å²) in [6, 6.07) is 32.1. The Kier molecular flexibility index (Phi) is 12.4. The fourth-order valence-electron chi connectivity index (χ4n) is 4.32. The van der Waals surface area contributed by atoms with Gasteiger partial charge in [-0.25, -0.2) is 24.1 Å². The van der Waals surface area contributed by atoms with Crippen LogP contribution < -0.4 is 15.5 Å². The van der Waals surface area contributed by atoms with Crippen molar-refractivity contribution in [2.45, 2.75) is 32.3 Å². The number of hydrogen-bond acceptors (Lipinski definition) is 9. The maximum atomic E-state index is 13.4. The lowest BCUT2D eigenvalue weighted by Crippen LogP contribution is -2.47. The Labute approximate surface area is 271 Å². The number of nitrogens with one attached hydrogen (secondary N) is 3. The smallest absolute Gasteiger partial charge is 0.421 e. The standard InChI is InChI=1S/C35H34N4O8/c1-44-31(40)30(37-33(41)45-22-25-12-5-2-6-13-25)21-28-18-11-19-29(20-28)39(35(43)47-24-27-16-9-4-10-17-27)32(36)38-34(42)46-23-26-14-7-3-8-15-26/h2-20,30H,21-24H2,1H3,(H,37,41)(H2,36,38,42). The average Bonchev–Trinajstić information content (AvgIpc) is 3.10. The third-order valence-corrected chi connectivity index (χ3v) is 6.64. The van der Waals surface area contributed by atoms with Crippen LogP contribution in [0.4, 0.5) is 20.1 Å². The number of nitrogens with zero attached hydrogens (tertiary/aromatic N) is 1. The number of anilines is 1. The van der Waals surface area contributed by atoms with Crippen molar-refractivity contribution in [3.8, 4) is 0 Å². The molecular formula is C35H34N4O8. The lowest BCUT2D eigenvalue weighted by Gasteiger charge is -2.24. The minimum Gasteiger partial charge on any atom is -0.467 e. The van der Waals surface area contributed by atoms with Gasteiger partial charge in [-0.05, 0) is 34.4 Å². The van der Waals surface area contributed by atoms with Gasteiger partial charge in [0.25, 0.3) is 0 Å². The number of esters is 1. The second-order valence-electron chi connectivity index (χ2n) is 10.1. The number of carbonyl (C=O) groups is 4. The van der Waals surface area contributed by atoms with Gasteiger partial charge in [-0.2, -0.15) is 0 Å². The summed E-state index contributed by atoms with van der Waals surface area (Å²) in [7, 11) is 1.19.